The molecule has 1 fully saturated rings. The van der Waals surface area contributed by atoms with Crippen LogP contribution in [0.2, 0.25) is 0 Å². The van der Waals surface area contributed by atoms with Gasteiger partial charge in [0.05, 0.1) is 6.26 Å². The van der Waals surface area contributed by atoms with Crippen LogP contribution in [0.4, 0.5) is 0 Å². The van der Waals surface area contributed by atoms with Crippen LogP contribution >= 0.6 is 0 Å². The molecule has 0 aliphatic carbocycles. The van der Waals surface area contributed by atoms with Gasteiger partial charge in [-0.3, -0.25) is 4.55 Å². The summed E-state index contributed by atoms with van der Waals surface area (Å²) in [5, 5.41) is 0. The summed E-state index contributed by atoms with van der Waals surface area (Å²) in [6.07, 6.45) is 1.99. The fourth-order valence-corrected chi connectivity index (χ4v) is 0.144. The van der Waals surface area contributed by atoms with E-state index in [9.17, 15) is 8.42 Å². The second-order valence-corrected chi connectivity index (χ2v) is 3.16. The van der Waals surface area contributed by atoms with E-state index in [2.05, 4.69) is 0 Å². The minimum atomic E-state index is -3.67. The minimum Gasteiger partial charge on any atom is -0.381 e. The Labute approximate surface area is 54.6 Å². The number of rotatable bonds is 0. The van der Waals surface area contributed by atoms with Crippen molar-refractivity contribution in [2.45, 2.75) is 6.42 Å². The van der Waals surface area contributed by atoms with Gasteiger partial charge in [-0.25, -0.2) is 0 Å². The van der Waals surface area contributed by atoms with Gasteiger partial charge in [-0.05, 0) is 6.42 Å². The number of ether oxygens (including phenoxy) is 1. The van der Waals surface area contributed by atoms with Gasteiger partial charge >= 0.3 is 0 Å². The summed E-state index contributed by atoms with van der Waals surface area (Å²) in [5.74, 6) is 0. The fourth-order valence-electron chi connectivity index (χ4n) is 0.144. The van der Waals surface area contributed by atoms with Crippen molar-refractivity contribution in [2.75, 3.05) is 19.5 Å². The molecule has 5 heteroatoms. The van der Waals surface area contributed by atoms with E-state index < -0.39 is 10.1 Å². The molecule has 1 N–H and O–H groups in total. The molecule has 0 atom stereocenters. The van der Waals surface area contributed by atoms with Crippen molar-refractivity contribution < 1.29 is 17.7 Å². The first-order valence-electron chi connectivity index (χ1n) is 2.50. The molecule has 56 valence electrons. The highest BCUT2D eigenvalue weighted by atomic mass is 32.2. The maximum atomic E-state index is 9.19. The molecule has 4 nitrogen and oxygen atoms in total. The molecule has 0 unspecified atom stereocenters. The Balaban J connectivity index is 0.000000144. The van der Waals surface area contributed by atoms with Crippen LogP contribution in [0.15, 0.2) is 0 Å². The topological polar surface area (TPSA) is 63.6 Å². The molecule has 0 aromatic carbocycles. The van der Waals surface area contributed by atoms with Gasteiger partial charge in [-0.15, -0.1) is 0 Å². The summed E-state index contributed by atoms with van der Waals surface area (Å²) in [4.78, 5) is 0. The summed E-state index contributed by atoms with van der Waals surface area (Å²) in [7, 11) is -3.67. The Bertz CT molecular complexity index is 132. The lowest BCUT2D eigenvalue weighted by Gasteiger charge is -2.09. The third-order valence-electron chi connectivity index (χ3n) is 0.577. The quantitative estimate of drug-likeness (QED) is 0.495. The largest absolute Gasteiger partial charge is 0.381 e. The standard InChI is InChI=1S/C3H6O.CH4O3S/c1-2-4-3-1;1-5(2,3)4/h1-3H2;1H3,(H,2,3,4). The van der Waals surface area contributed by atoms with Gasteiger partial charge in [0.1, 0.15) is 0 Å². The molecular weight excluding hydrogens is 144 g/mol. The van der Waals surface area contributed by atoms with E-state index in [1.807, 2.05) is 0 Å². The van der Waals surface area contributed by atoms with Crippen LogP contribution in [0.3, 0.4) is 0 Å². The van der Waals surface area contributed by atoms with Crippen LogP contribution in [0.25, 0.3) is 0 Å². The molecule has 0 aromatic heterocycles. The third-order valence-corrected chi connectivity index (χ3v) is 0.577. The predicted molar refractivity (Wildman–Crippen MR) is 32.9 cm³/mol. The van der Waals surface area contributed by atoms with Gasteiger partial charge in [-0.1, -0.05) is 0 Å². The Morgan fingerprint density at radius 3 is 1.56 bits per heavy atom. The summed E-state index contributed by atoms with van der Waals surface area (Å²) in [6.45, 7) is 2.00. The first kappa shape index (κ1) is 8.87. The normalized spacial score (nSPS) is 17.1. The molecule has 0 radical (unpaired) electrons. The average Bonchev–Trinajstić information content (AvgIpc) is 1.12. The highest BCUT2D eigenvalue weighted by Gasteiger charge is 1.94. The second kappa shape index (κ2) is 3.81. The SMILES string of the molecule is C1COC1.CS(=O)(=O)O. The zero-order chi connectivity index (χ0) is 7.33. The molecule has 1 aliphatic heterocycles. The van der Waals surface area contributed by atoms with E-state index >= 15 is 0 Å². The summed E-state index contributed by atoms with van der Waals surface area (Å²) < 4.78 is 30.6. The lowest BCUT2D eigenvalue weighted by atomic mass is 10.4. The van der Waals surface area contributed by atoms with Crippen molar-refractivity contribution in [3.05, 3.63) is 0 Å². The van der Waals surface area contributed by atoms with Gasteiger partial charge in [0.2, 0.25) is 0 Å². The van der Waals surface area contributed by atoms with E-state index in [1.54, 1.807) is 0 Å². The highest BCUT2D eigenvalue weighted by Crippen LogP contribution is 1.93. The molecule has 9 heavy (non-hydrogen) atoms. The second-order valence-electron chi connectivity index (χ2n) is 1.70. The highest BCUT2D eigenvalue weighted by molar-refractivity contribution is 7.85. The van der Waals surface area contributed by atoms with Crippen LogP contribution in [-0.4, -0.2) is 32.4 Å². The zero-order valence-electron chi connectivity index (χ0n) is 5.20. The van der Waals surface area contributed by atoms with E-state index in [0.717, 1.165) is 13.2 Å². The van der Waals surface area contributed by atoms with Crippen LogP contribution in [0, 0.1) is 0 Å². The summed E-state index contributed by atoms with van der Waals surface area (Å²) in [6, 6.07) is 0. The van der Waals surface area contributed by atoms with E-state index in [0.29, 0.717) is 6.26 Å². The summed E-state index contributed by atoms with van der Waals surface area (Å²) >= 11 is 0. The van der Waals surface area contributed by atoms with Gasteiger partial charge in [0.25, 0.3) is 10.1 Å². The Morgan fingerprint density at radius 2 is 1.56 bits per heavy atom. The number of hydrogen-bond donors (Lipinski definition) is 1. The molecule has 0 aromatic rings. The van der Waals surface area contributed by atoms with E-state index in [4.69, 9.17) is 9.29 Å². The Hall–Kier alpha value is -0.130. The number of hydrogen-bond acceptors (Lipinski definition) is 3. The average molecular weight is 154 g/mol. The molecule has 1 aliphatic rings. The predicted octanol–water partition coefficient (Wildman–Crippen LogP) is -0.0893. The van der Waals surface area contributed by atoms with E-state index in [1.165, 1.54) is 6.42 Å². The first-order chi connectivity index (χ1) is 4.00. The lowest BCUT2D eigenvalue weighted by Crippen LogP contribution is -2.09. The Kier molecular flexibility index (Phi) is 3.76. The Morgan fingerprint density at radius 1 is 1.44 bits per heavy atom. The van der Waals surface area contributed by atoms with Gasteiger partial charge in [0.15, 0.2) is 0 Å². The first-order valence-corrected chi connectivity index (χ1v) is 4.35. The molecule has 1 rings (SSSR count). The van der Waals surface area contributed by atoms with Crippen LogP contribution < -0.4 is 0 Å². The van der Waals surface area contributed by atoms with Crippen molar-refractivity contribution in [2.24, 2.45) is 0 Å². The van der Waals surface area contributed by atoms with Crippen molar-refractivity contribution in [1.82, 2.24) is 0 Å². The zero-order valence-corrected chi connectivity index (χ0v) is 6.02. The lowest BCUT2D eigenvalue weighted by molar-refractivity contribution is 0.0367. The monoisotopic (exact) mass is 154 g/mol. The third kappa shape index (κ3) is 18.1. The molecule has 0 saturated carbocycles. The smallest absolute Gasteiger partial charge is 0.261 e. The minimum absolute atomic E-state index is 0.715. The maximum Gasteiger partial charge on any atom is 0.261 e. The molecular formula is C4H10O4S. The van der Waals surface area contributed by atoms with Gasteiger partial charge in [-0.2, -0.15) is 8.42 Å². The van der Waals surface area contributed by atoms with Crippen molar-refractivity contribution >= 4 is 10.1 Å². The maximum absolute atomic E-state index is 9.19. The molecule has 0 amide bonds. The van der Waals surface area contributed by atoms with Gasteiger partial charge in [0, 0.05) is 13.2 Å². The van der Waals surface area contributed by atoms with Crippen molar-refractivity contribution in [3.63, 3.8) is 0 Å². The molecule has 0 spiro atoms. The molecule has 0 bridgehead atoms. The van der Waals surface area contributed by atoms with Crippen LogP contribution in [0.5, 0.6) is 0 Å². The van der Waals surface area contributed by atoms with Crippen molar-refractivity contribution in [1.29, 1.82) is 0 Å². The summed E-state index contributed by atoms with van der Waals surface area (Å²) in [5.41, 5.74) is 0. The van der Waals surface area contributed by atoms with Crippen LogP contribution in [-0.2, 0) is 14.9 Å². The fraction of sp³-hybridized carbons (Fsp3) is 1.00. The van der Waals surface area contributed by atoms with Crippen molar-refractivity contribution in [3.8, 4) is 0 Å². The van der Waals surface area contributed by atoms with Crippen LogP contribution in [0.1, 0.15) is 6.42 Å². The van der Waals surface area contributed by atoms with Gasteiger partial charge < -0.3 is 4.74 Å². The molecule has 1 saturated heterocycles. The van der Waals surface area contributed by atoms with E-state index in [-0.39, 0.29) is 0 Å². The molecule has 1 heterocycles.